The van der Waals surface area contributed by atoms with Crippen LogP contribution in [0.1, 0.15) is 98.8 Å². The molecule has 2 heteroatoms. The van der Waals surface area contributed by atoms with E-state index < -0.39 is 0 Å². The molecule has 0 aliphatic heterocycles. The highest BCUT2D eigenvalue weighted by Crippen LogP contribution is 2.34. The lowest BCUT2D eigenvalue weighted by Gasteiger charge is -2.33. The topological polar surface area (TPSA) is 46.2 Å². The molecule has 0 aliphatic carbocycles. The zero-order valence-electron chi connectivity index (χ0n) is 14.7. The molecule has 0 aromatic rings. The molecule has 2 unspecified atom stereocenters. The van der Waals surface area contributed by atoms with Gasteiger partial charge in [0.25, 0.3) is 0 Å². The molecule has 0 amide bonds. The van der Waals surface area contributed by atoms with Crippen molar-refractivity contribution in [3.05, 3.63) is 0 Å². The van der Waals surface area contributed by atoms with Gasteiger partial charge in [-0.15, -0.1) is 0 Å². The van der Waals surface area contributed by atoms with Crippen LogP contribution in [-0.4, -0.2) is 16.7 Å². The Morgan fingerprint density at radius 1 is 0.900 bits per heavy atom. The van der Waals surface area contributed by atoms with Crippen LogP contribution in [0.4, 0.5) is 0 Å². The predicted molar refractivity (Wildman–Crippen MR) is 89.9 cm³/mol. The quantitative estimate of drug-likeness (QED) is 0.494. The number of hydrogen-bond acceptors (Lipinski definition) is 2. The maximum absolute atomic E-state index is 10.0. The first-order chi connectivity index (χ1) is 9.27. The van der Waals surface area contributed by atoms with Crippen LogP contribution in [0.15, 0.2) is 0 Å². The zero-order chi connectivity index (χ0) is 15.6. The Labute approximate surface area is 127 Å². The summed E-state index contributed by atoms with van der Waals surface area (Å²) in [6.45, 7) is 10.8. The van der Waals surface area contributed by atoms with Gasteiger partial charge in [0.1, 0.15) is 0 Å². The Kier molecular flexibility index (Phi) is 9.74. The van der Waals surface area contributed by atoms with Gasteiger partial charge < -0.3 is 10.8 Å². The zero-order valence-corrected chi connectivity index (χ0v) is 14.7. The van der Waals surface area contributed by atoms with Crippen LogP contribution in [0.25, 0.3) is 0 Å². The van der Waals surface area contributed by atoms with Gasteiger partial charge in [0.15, 0.2) is 0 Å². The van der Waals surface area contributed by atoms with Crippen LogP contribution < -0.4 is 5.73 Å². The van der Waals surface area contributed by atoms with Gasteiger partial charge in [-0.1, -0.05) is 59.3 Å². The van der Waals surface area contributed by atoms with Crippen molar-refractivity contribution in [3.8, 4) is 0 Å². The molecule has 3 atom stereocenters. The van der Waals surface area contributed by atoms with E-state index in [0.717, 1.165) is 25.7 Å². The van der Waals surface area contributed by atoms with Gasteiger partial charge in [0.05, 0.1) is 6.10 Å². The summed E-state index contributed by atoms with van der Waals surface area (Å²) in [7, 11) is 0. The molecule has 0 aliphatic rings. The minimum Gasteiger partial charge on any atom is -0.393 e. The molecule has 0 rings (SSSR count). The number of aliphatic hydroxyl groups excluding tert-OH is 1. The van der Waals surface area contributed by atoms with Gasteiger partial charge in [-0.3, -0.25) is 0 Å². The third kappa shape index (κ3) is 8.26. The number of hydrogen-bond donors (Lipinski definition) is 2. The van der Waals surface area contributed by atoms with Crippen molar-refractivity contribution >= 4 is 0 Å². The van der Waals surface area contributed by atoms with Crippen molar-refractivity contribution in [3.63, 3.8) is 0 Å². The molecule has 0 aromatic carbocycles. The molecular formula is C18H39NO. The van der Waals surface area contributed by atoms with E-state index in [4.69, 9.17) is 5.73 Å². The summed E-state index contributed by atoms with van der Waals surface area (Å²) in [6.07, 6.45) is 11.8. The summed E-state index contributed by atoms with van der Waals surface area (Å²) < 4.78 is 0. The standard InChI is InChI=1S/C18H39NO/c1-6-8-13-17(4,16(3)20)14-11-9-10-12-15-18(5,19)7-2/h16,20H,6-15,19H2,1-5H3/t16?,17-,18?/m1/s1. The van der Waals surface area contributed by atoms with E-state index in [-0.39, 0.29) is 17.1 Å². The fraction of sp³-hybridized carbons (Fsp3) is 1.00. The fourth-order valence-electron chi connectivity index (χ4n) is 2.71. The Morgan fingerprint density at radius 3 is 1.85 bits per heavy atom. The minimum atomic E-state index is -0.193. The summed E-state index contributed by atoms with van der Waals surface area (Å²) in [5.74, 6) is 0. The van der Waals surface area contributed by atoms with Crippen molar-refractivity contribution in [2.24, 2.45) is 11.1 Å². The van der Waals surface area contributed by atoms with E-state index >= 15 is 0 Å². The lowest BCUT2D eigenvalue weighted by molar-refractivity contribution is 0.0349. The highest BCUT2D eigenvalue weighted by atomic mass is 16.3. The van der Waals surface area contributed by atoms with Crippen LogP contribution in [-0.2, 0) is 0 Å². The Bertz CT molecular complexity index is 238. The van der Waals surface area contributed by atoms with Gasteiger partial charge in [0.2, 0.25) is 0 Å². The lowest BCUT2D eigenvalue weighted by Crippen LogP contribution is -2.34. The number of aliphatic hydroxyl groups is 1. The normalized spacial score (nSPS) is 19.4. The third-order valence-corrected chi connectivity index (χ3v) is 5.16. The summed E-state index contributed by atoms with van der Waals surface area (Å²) >= 11 is 0. The molecule has 0 saturated heterocycles. The molecule has 122 valence electrons. The third-order valence-electron chi connectivity index (χ3n) is 5.16. The average Bonchev–Trinajstić information content (AvgIpc) is 2.40. The smallest absolute Gasteiger partial charge is 0.0565 e. The molecule has 2 nitrogen and oxygen atoms in total. The summed E-state index contributed by atoms with van der Waals surface area (Å²) in [5.41, 5.74) is 6.30. The van der Waals surface area contributed by atoms with E-state index in [1.165, 1.54) is 38.5 Å². The second-order valence-corrected chi connectivity index (χ2v) is 7.36. The molecule has 0 spiro atoms. The number of nitrogens with two attached hydrogens (primary N) is 1. The molecular weight excluding hydrogens is 246 g/mol. The minimum absolute atomic E-state index is 0.0231. The number of rotatable bonds is 12. The SMILES string of the molecule is CCCC[C@](C)(CCCCCCC(C)(N)CC)C(C)O. The summed E-state index contributed by atoms with van der Waals surface area (Å²) in [6, 6.07) is 0. The maximum Gasteiger partial charge on any atom is 0.0565 e. The van der Waals surface area contributed by atoms with Crippen LogP contribution in [0.2, 0.25) is 0 Å². The van der Waals surface area contributed by atoms with Crippen molar-refractivity contribution in [2.75, 3.05) is 0 Å². The van der Waals surface area contributed by atoms with Crippen LogP contribution >= 0.6 is 0 Å². The van der Waals surface area contributed by atoms with Crippen LogP contribution in [0, 0.1) is 5.41 Å². The molecule has 0 heterocycles. The van der Waals surface area contributed by atoms with Crippen LogP contribution in [0.3, 0.4) is 0 Å². The van der Waals surface area contributed by atoms with Gasteiger partial charge in [-0.2, -0.15) is 0 Å². The van der Waals surface area contributed by atoms with Gasteiger partial charge >= 0.3 is 0 Å². The first kappa shape index (κ1) is 19.9. The second-order valence-electron chi connectivity index (χ2n) is 7.36. The highest BCUT2D eigenvalue weighted by Gasteiger charge is 2.28. The van der Waals surface area contributed by atoms with E-state index in [0.29, 0.717) is 0 Å². The predicted octanol–water partition coefficient (Wildman–Crippen LogP) is 5.03. The van der Waals surface area contributed by atoms with E-state index in [1.54, 1.807) is 0 Å². The molecule has 0 fully saturated rings. The van der Waals surface area contributed by atoms with E-state index in [1.807, 2.05) is 6.92 Å². The second kappa shape index (κ2) is 9.78. The Balaban J connectivity index is 3.85. The van der Waals surface area contributed by atoms with Gasteiger partial charge in [0, 0.05) is 5.54 Å². The van der Waals surface area contributed by atoms with Gasteiger partial charge in [-0.25, -0.2) is 0 Å². The monoisotopic (exact) mass is 285 g/mol. The molecule has 0 radical (unpaired) electrons. The van der Waals surface area contributed by atoms with Crippen molar-refractivity contribution in [2.45, 2.75) is 110 Å². The number of unbranched alkanes of at least 4 members (excludes halogenated alkanes) is 4. The highest BCUT2D eigenvalue weighted by molar-refractivity contribution is 4.80. The fourth-order valence-corrected chi connectivity index (χ4v) is 2.71. The largest absolute Gasteiger partial charge is 0.393 e. The summed E-state index contributed by atoms with van der Waals surface area (Å²) in [4.78, 5) is 0. The van der Waals surface area contributed by atoms with E-state index in [9.17, 15) is 5.11 Å². The van der Waals surface area contributed by atoms with Crippen molar-refractivity contribution < 1.29 is 5.11 Å². The Hall–Kier alpha value is -0.0800. The first-order valence-corrected chi connectivity index (χ1v) is 8.74. The molecule has 20 heavy (non-hydrogen) atoms. The van der Waals surface area contributed by atoms with E-state index in [2.05, 4.69) is 27.7 Å². The Morgan fingerprint density at radius 2 is 1.40 bits per heavy atom. The van der Waals surface area contributed by atoms with Gasteiger partial charge in [-0.05, 0) is 44.9 Å². The molecule has 0 aromatic heterocycles. The molecule has 0 bridgehead atoms. The van der Waals surface area contributed by atoms with Crippen LogP contribution in [0.5, 0.6) is 0 Å². The first-order valence-electron chi connectivity index (χ1n) is 8.74. The maximum atomic E-state index is 10.0. The summed E-state index contributed by atoms with van der Waals surface area (Å²) in [5, 5.41) is 10.0. The molecule has 3 N–H and O–H groups in total. The van der Waals surface area contributed by atoms with Crippen molar-refractivity contribution in [1.82, 2.24) is 0 Å². The van der Waals surface area contributed by atoms with Crippen molar-refractivity contribution in [1.29, 1.82) is 0 Å². The average molecular weight is 286 g/mol. The molecule has 0 saturated carbocycles. The lowest BCUT2D eigenvalue weighted by atomic mass is 9.76.